The van der Waals surface area contributed by atoms with Gasteiger partial charge in [0, 0.05) is 10.9 Å². The average Bonchev–Trinajstić information content (AvgIpc) is 2.25. The molecule has 0 aliphatic heterocycles. The zero-order chi connectivity index (χ0) is 12.0. The molecular weight excluding hydrogens is 340 g/mol. The Bertz CT molecular complexity index is 644. The van der Waals surface area contributed by atoms with Crippen molar-refractivity contribution in [1.82, 2.24) is 0 Å². The molecular formula is C11H8Br2O3. The number of phenols is 1. The molecule has 1 N–H and O–H groups in total. The van der Waals surface area contributed by atoms with Gasteiger partial charge in [0.05, 0.1) is 4.47 Å². The minimum atomic E-state index is -0.382. The Kier molecular flexibility index (Phi) is 2.84. The van der Waals surface area contributed by atoms with Gasteiger partial charge in [-0.15, -0.1) is 0 Å². The third kappa shape index (κ3) is 1.58. The number of rotatable bonds is 0. The van der Waals surface area contributed by atoms with Gasteiger partial charge in [0.1, 0.15) is 10.2 Å². The average molecular weight is 348 g/mol. The third-order valence-corrected chi connectivity index (χ3v) is 3.96. The van der Waals surface area contributed by atoms with E-state index in [0.29, 0.717) is 20.1 Å². The van der Waals surface area contributed by atoms with Crippen LogP contribution in [0.1, 0.15) is 11.1 Å². The molecule has 0 spiro atoms. The minimum Gasteiger partial charge on any atom is -0.505 e. The lowest BCUT2D eigenvalue weighted by molar-refractivity contribution is 0.465. The molecule has 0 saturated carbocycles. The summed E-state index contributed by atoms with van der Waals surface area (Å²) in [5.74, 6) is 0.0268. The molecule has 0 radical (unpaired) electrons. The van der Waals surface area contributed by atoms with E-state index in [4.69, 9.17) is 4.42 Å². The van der Waals surface area contributed by atoms with Gasteiger partial charge in [-0.1, -0.05) is 0 Å². The molecule has 2 rings (SSSR count). The second-order valence-electron chi connectivity index (χ2n) is 3.54. The first-order valence-corrected chi connectivity index (χ1v) is 6.13. The molecule has 0 aliphatic carbocycles. The predicted molar refractivity (Wildman–Crippen MR) is 69.0 cm³/mol. The fourth-order valence-corrected chi connectivity index (χ4v) is 2.70. The summed E-state index contributed by atoms with van der Waals surface area (Å²) in [6.07, 6.45) is 0. The quantitative estimate of drug-likeness (QED) is 0.740. The summed E-state index contributed by atoms with van der Waals surface area (Å²) in [7, 11) is 0. The lowest BCUT2D eigenvalue weighted by Crippen LogP contribution is -2.05. The number of hydrogen-bond donors (Lipinski definition) is 1. The topological polar surface area (TPSA) is 50.4 Å². The molecule has 1 aromatic heterocycles. The standard InChI is InChI=1S/C11H8Br2O3/c1-4-5(2)11(15)16-10-6(4)3-7(12)9(14)8(10)13/h3,14H,1-2H3. The molecule has 84 valence electrons. The van der Waals surface area contributed by atoms with Gasteiger partial charge in [0.25, 0.3) is 0 Å². The zero-order valence-corrected chi connectivity index (χ0v) is 11.8. The molecule has 0 aliphatic rings. The van der Waals surface area contributed by atoms with E-state index in [1.54, 1.807) is 13.0 Å². The van der Waals surface area contributed by atoms with Crippen LogP contribution in [0.4, 0.5) is 0 Å². The first kappa shape index (κ1) is 11.7. The molecule has 2 aromatic rings. The van der Waals surface area contributed by atoms with Crippen molar-refractivity contribution in [1.29, 1.82) is 0 Å². The Morgan fingerprint density at radius 3 is 2.50 bits per heavy atom. The van der Waals surface area contributed by atoms with Crippen molar-refractivity contribution >= 4 is 42.8 Å². The smallest absolute Gasteiger partial charge is 0.339 e. The van der Waals surface area contributed by atoms with E-state index >= 15 is 0 Å². The first-order valence-electron chi connectivity index (χ1n) is 4.54. The van der Waals surface area contributed by atoms with Gasteiger partial charge in [-0.25, -0.2) is 4.79 Å². The monoisotopic (exact) mass is 346 g/mol. The van der Waals surface area contributed by atoms with Gasteiger partial charge < -0.3 is 9.52 Å². The molecule has 3 nitrogen and oxygen atoms in total. The number of aromatic hydroxyl groups is 1. The van der Waals surface area contributed by atoms with Crippen molar-refractivity contribution in [3.05, 3.63) is 36.6 Å². The van der Waals surface area contributed by atoms with Gasteiger partial charge in [0.15, 0.2) is 5.58 Å². The van der Waals surface area contributed by atoms with Crippen molar-refractivity contribution in [2.45, 2.75) is 13.8 Å². The van der Waals surface area contributed by atoms with E-state index in [1.807, 2.05) is 6.92 Å². The van der Waals surface area contributed by atoms with Crippen LogP contribution in [0.2, 0.25) is 0 Å². The van der Waals surface area contributed by atoms with E-state index in [1.165, 1.54) is 0 Å². The maximum absolute atomic E-state index is 11.5. The van der Waals surface area contributed by atoms with Gasteiger partial charge >= 0.3 is 5.63 Å². The number of benzene rings is 1. The Morgan fingerprint density at radius 2 is 1.88 bits per heavy atom. The Labute approximate surface area is 108 Å². The highest BCUT2D eigenvalue weighted by molar-refractivity contribution is 9.11. The zero-order valence-electron chi connectivity index (χ0n) is 8.60. The van der Waals surface area contributed by atoms with Crippen molar-refractivity contribution in [2.24, 2.45) is 0 Å². The van der Waals surface area contributed by atoms with Crippen LogP contribution in [-0.2, 0) is 0 Å². The summed E-state index contributed by atoms with van der Waals surface area (Å²) in [6.45, 7) is 3.57. The van der Waals surface area contributed by atoms with Crippen LogP contribution in [0.25, 0.3) is 11.0 Å². The highest BCUT2D eigenvalue weighted by Crippen LogP contribution is 2.39. The van der Waals surface area contributed by atoms with Crippen LogP contribution in [0, 0.1) is 13.8 Å². The Balaban J connectivity index is 3.08. The highest BCUT2D eigenvalue weighted by Gasteiger charge is 2.15. The van der Waals surface area contributed by atoms with E-state index in [-0.39, 0.29) is 11.4 Å². The lowest BCUT2D eigenvalue weighted by Gasteiger charge is -2.08. The Morgan fingerprint density at radius 1 is 1.25 bits per heavy atom. The maximum Gasteiger partial charge on any atom is 0.339 e. The summed E-state index contributed by atoms with van der Waals surface area (Å²) in [6, 6.07) is 1.74. The molecule has 0 unspecified atom stereocenters. The summed E-state index contributed by atoms with van der Waals surface area (Å²) >= 11 is 6.46. The van der Waals surface area contributed by atoms with Crippen LogP contribution >= 0.6 is 31.9 Å². The number of phenolic OH excluding ortho intramolecular Hbond substituents is 1. The SMILES string of the molecule is Cc1c(C)c2cc(Br)c(O)c(Br)c2oc1=O. The van der Waals surface area contributed by atoms with Crippen molar-refractivity contribution < 1.29 is 9.52 Å². The van der Waals surface area contributed by atoms with Crippen molar-refractivity contribution in [3.63, 3.8) is 0 Å². The van der Waals surface area contributed by atoms with Crippen LogP contribution in [0.3, 0.4) is 0 Å². The maximum atomic E-state index is 11.5. The minimum absolute atomic E-state index is 0.0268. The van der Waals surface area contributed by atoms with Gasteiger partial charge in [0.2, 0.25) is 0 Å². The van der Waals surface area contributed by atoms with E-state index in [0.717, 1.165) is 10.9 Å². The molecule has 0 amide bonds. The molecule has 0 fully saturated rings. The number of halogens is 2. The van der Waals surface area contributed by atoms with Crippen LogP contribution in [0.15, 0.2) is 24.2 Å². The third-order valence-electron chi connectivity index (χ3n) is 2.62. The van der Waals surface area contributed by atoms with Crippen LogP contribution < -0.4 is 5.63 Å². The second kappa shape index (κ2) is 3.89. The van der Waals surface area contributed by atoms with Crippen molar-refractivity contribution in [2.75, 3.05) is 0 Å². The molecule has 1 aromatic carbocycles. The molecule has 0 saturated heterocycles. The normalized spacial score (nSPS) is 11.0. The molecule has 0 atom stereocenters. The van der Waals surface area contributed by atoms with Gasteiger partial charge in [-0.2, -0.15) is 0 Å². The summed E-state index contributed by atoms with van der Waals surface area (Å²) in [5.41, 5.74) is 1.42. The van der Waals surface area contributed by atoms with E-state index < -0.39 is 0 Å². The molecule has 16 heavy (non-hydrogen) atoms. The molecule has 1 heterocycles. The lowest BCUT2D eigenvalue weighted by atomic mass is 10.1. The molecule has 5 heteroatoms. The number of aryl methyl sites for hydroxylation is 1. The van der Waals surface area contributed by atoms with Crippen LogP contribution in [-0.4, -0.2) is 5.11 Å². The second-order valence-corrected chi connectivity index (χ2v) is 5.18. The van der Waals surface area contributed by atoms with E-state index in [9.17, 15) is 9.90 Å². The summed E-state index contributed by atoms with van der Waals surface area (Å²) < 4.78 is 6.10. The fourth-order valence-electron chi connectivity index (χ4n) is 1.49. The van der Waals surface area contributed by atoms with Gasteiger partial charge in [-0.3, -0.25) is 0 Å². The first-order chi connectivity index (χ1) is 7.43. The fraction of sp³-hybridized carbons (Fsp3) is 0.182. The number of fused-ring (bicyclic) bond motifs is 1. The molecule has 0 bridgehead atoms. The van der Waals surface area contributed by atoms with E-state index in [2.05, 4.69) is 31.9 Å². The summed E-state index contributed by atoms with van der Waals surface area (Å²) in [5, 5.41) is 10.5. The van der Waals surface area contributed by atoms with Gasteiger partial charge in [-0.05, 0) is 57.3 Å². The van der Waals surface area contributed by atoms with Crippen molar-refractivity contribution in [3.8, 4) is 5.75 Å². The number of hydrogen-bond acceptors (Lipinski definition) is 3. The largest absolute Gasteiger partial charge is 0.505 e. The predicted octanol–water partition coefficient (Wildman–Crippen LogP) is 3.64. The highest BCUT2D eigenvalue weighted by atomic mass is 79.9. The Hall–Kier alpha value is -0.810. The van der Waals surface area contributed by atoms with Crippen LogP contribution in [0.5, 0.6) is 5.75 Å². The summed E-state index contributed by atoms with van der Waals surface area (Å²) in [4.78, 5) is 11.5.